The van der Waals surface area contributed by atoms with Gasteiger partial charge in [0.15, 0.2) is 0 Å². The SMILES string of the molecule is CCCCc1nn(-c2ccc(Cl)cc2Cl)c2c1CCN2. The Bertz CT molecular complexity index is 634. The van der Waals surface area contributed by atoms with Gasteiger partial charge in [0.25, 0.3) is 0 Å². The van der Waals surface area contributed by atoms with Crippen LogP contribution >= 0.6 is 23.2 Å². The number of rotatable bonds is 4. The lowest BCUT2D eigenvalue weighted by molar-refractivity contribution is 0.744. The Morgan fingerprint density at radius 2 is 2.20 bits per heavy atom. The number of hydrogen-bond donors (Lipinski definition) is 1. The molecule has 3 rings (SSSR count). The molecule has 0 radical (unpaired) electrons. The predicted octanol–water partition coefficient (Wildman–Crippen LogP) is 4.49. The minimum atomic E-state index is 0.624. The largest absolute Gasteiger partial charge is 0.369 e. The average Bonchev–Trinajstić information content (AvgIpc) is 2.99. The number of nitrogens with zero attached hydrogens (tertiary/aromatic N) is 2. The van der Waals surface area contributed by atoms with Crippen molar-refractivity contribution in [2.45, 2.75) is 32.6 Å². The van der Waals surface area contributed by atoms with Crippen molar-refractivity contribution in [2.75, 3.05) is 11.9 Å². The van der Waals surface area contributed by atoms with Crippen LogP contribution in [0.15, 0.2) is 18.2 Å². The fraction of sp³-hybridized carbons (Fsp3) is 0.400. The first-order valence-electron chi connectivity index (χ1n) is 7.00. The number of fused-ring (bicyclic) bond motifs is 1. The quantitative estimate of drug-likeness (QED) is 0.901. The van der Waals surface area contributed by atoms with Gasteiger partial charge in [-0.3, -0.25) is 0 Å². The van der Waals surface area contributed by atoms with E-state index in [1.165, 1.54) is 17.7 Å². The van der Waals surface area contributed by atoms with Gasteiger partial charge in [-0.05, 0) is 37.5 Å². The zero-order valence-electron chi connectivity index (χ0n) is 11.4. The predicted molar refractivity (Wildman–Crippen MR) is 84.4 cm³/mol. The first-order chi connectivity index (χ1) is 9.70. The lowest BCUT2D eigenvalue weighted by Gasteiger charge is -2.08. The molecule has 1 aliphatic heterocycles. The fourth-order valence-electron chi connectivity index (χ4n) is 2.62. The smallest absolute Gasteiger partial charge is 0.133 e. The monoisotopic (exact) mass is 309 g/mol. The molecular weight excluding hydrogens is 293 g/mol. The molecule has 1 aromatic carbocycles. The Morgan fingerprint density at radius 1 is 1.35 bits per heavy atom. The molecular formula is C15H17Cl2N3. The van der Waals surface area contributed by atoms with Crippen LogP contribution in [-0.2, 0) is 12.8 Å². The van der Waals surface area contributed by atoms with Gasteiger partial charge in [-0.1, -0.05) is 36.5 Å². The molecule has 0 bridgehead atoms. The molecule has 20 heavy (non-hydrogen) atoms. The summed E-state index contributed by atoms with van der Waals surface area (Å²) >= 11 is 12.3. The van der Waals surface area contributed by atoms with Gasteiger partial charge in [-0.2, -0.15) is 5.10 Å². The van der Waals surface area contributed by atoms with Crippen LogP contribution < -0.4 is 5.32 Å². The number of hydrogen-bond acceptors (Lipinski definition) is 2. The Labute approximate surface area is 128 Å². The zero-order valence-corrected chi connectivity index (χ0v) is 12.9. The summed E-state index contributed by atoms with van der Waals surface area (Å²) in [5, 5.41) is 9.44. The minimum absolute atomic E-state index is 0.624. The number of anilines is 1. The van der Waals surface area contributed by atoms with Crippen LogP contribution in [0.25, 0.3) is 5.69 Å². The number of aryl methyl sites for hydroxylation is 1. The lowest BCUT2D eigenvalue weighted by Crippen LogP contribution is -2.05. The van der Waals surface area contributed by atoms with E-state index < -0.39 is 0 Å². The Balaban J connectivity index is 2.05. The van der Waals surface area contributed by atoms with Crippen LogP contribution in [0.2, 0.25) is 10.0 Å². The van der Waals surface area contributed by atoms with Gasteiger partial charge in [-0.15, -0.1) is 0 Å². The van der Waals surface area contributed by atoms with E-state index in [2.05, 4.69) is 12.2 Å². The number of aromatic nitrogens is 2. The van der Waals surface area contributed by atoms with Crippen molar-refractivity contribution in [3.8, 4) is 5.69 Å². The van der Waals surface area contributed by atoms with Crippen LogP contribution in [0, 0.1) is 0 Å². The Hall–Kier alpha value is -1.19. The van der Waals surface area contributed by atoms with Crippen LogP contribution in [0.3, 0.4) is 0 Å². The summed E-state index contributed by atoms with van der Waals surface area (Å²) in [7, 11) is 0. The van der Waals surface area contributed by atoms with E-state index in [1.807, 2.05) is 16.8 Å². The molecule has 1 aromatic heterocycles. The molecule has 1 N–H and O–H groups in total. The first kappa shape index (κ1) is 13.8. The molecule has 1 aliphatic rings. The highest BCUT2D eigenvalue weighted by Gasteiger charge is 2.23. The van der Waals surface area contributed by atoms with Crippen LogP contribution in [0.5, 0.6) is 0 Å². The van der Waals surface area contributed by atoms with Crippen molar-refractivity contribution in [3.05, 3.63) is 39.5 Å². The third kappa shape index (κ3) is 2.40. The molecule has 3 nitrogen and oxygen atoms in total. The van der Waals surface area contributed by atoms with Crippen LogP contribution in [0.4, 0.5) is 5.82 Å². The average molecular weight is 310 g/mol. The summed E-state index contributed by atoms with van der Waals surface area (Å²) in [6.45, 7) is 3.17. The van der Waals surface area contributed by atoms with Crippen molar-refractivity contribution < 1.29 is 0 Å². The van der Waals surface area contributed by atoms with E-state index >= 15 is 0 Å². The van der Waals surface area contributed by atoms with Gasteiger partial charge in [0.05, 0.1) is 16.4 Å². The molecule has 0 saturated heterocycles. The highest BCUT2D eigenvalue weighted by Crippen LogP contribution is 2.33. The molecule has 106 valence electrons. The molecule has 0 atom stereocenters. The number of nitrogens with one attached hydrogen (secondary N) is 1. The number of benzene rings is 1. The van der Waals surface area contributed by atoms with Crippen molar-refractivity contribution in [3.63, 3.8) is 0 Å². The van der Waals surface area contributed by atoms with E-state index in [0.717, 1.165) is 37.3 Å². The second-order valence-electron chi connectivity index (χ2n) is 5.06. The lowest BCUT2D eigenvalue weighted by atomic mass is 10.1. The molecule has 0 saturated carbocycles. The highest BCUT2D eigenvalue weighted by molar-refractivity contribution is 6.35. The first-order valence-corrected chi connectivity index (χ1v) is 7.76. The summed E-state index contributed by atoms with van der Waals surface area (Å²) in [6, 6.07) is 5.52. The summed E-state index contributed by atoms with van der Waals surface area (Å²) in [6.07, 6.45) is 4.41. The second kappa shape index (κ2) is 5.66. The summed E-state index contributed by atoms with van der Waals surface area (Å²) in [4.78, 5) is 0. The molecule has 0 unspecified atom stereocenters. The van der Waals surface area contributed by atoms with Crippen molar-refractivity contribution in [1.29, 1.82) is 0 Å². The second-order valence-corrected chi connectivity index (χ2v) is 5.91. The van der Waals surface area contributed by atoms with Gasteiger partial charge >= 0.3 is 0 Å². The molecule has 2 heterocycles. The standard InChI is InChI=1S/C15H17Cl2N3/c1-2-3-4-13-11-7-8-18-15(11)20(19-13)14-6-5-10(16)9-12(14)17/h5-6,9,18H,2-4,7-8H2,1H3. The molecule has 0 fully saturated rings. The summed E-state index contributed by atoms with van der Waals surface area (Å²) in [5.74, 6) is 1.08. The number of unbranched alkanes of at least 4 members (excludes halogenated alkanes) is 1. The molecule has 5 heteroatoms. The normalized spacial score (nSPS) is 13.3. The van der Waals surface area contributed by atoms with Crippen LogP contribution in [0.1, 0.15) is 31.0 Å². The maximum absolute atomic E-state index is 6.31. The van der Waals surface area contributed by atoms with Crippen LogP contribution in [-0.4, -0.2) is 16.3 Å². The van der Waals surface area contributed by atoms with Gasteiger partial charge in [0.1, 0.15) is 5.82 Å². The minimum Gasteiger partial charge on any atom is -0.369 e. The molecule has 0 spiro atoms. The van der Waals surface area contributed by atoms with Crippen molar-refractivity contribution >= 4 is 29.0 Å². The summed E-state index contributed by atoms with van der Waals surface area (Å²) in [5.41, 5.74) is 3.41. The number of halogens is 2. The Kier molecular flexibility index (Phi) is 3.90. The maximum atomic E-state index is 6.31. The Morgan fingerprint density at radius 3 is 2.95 bits per heavy atom. The maximum Gasteiger partial charge on any atom is 0.133 e. The van der Waals surface area contributed by atoms with E-state index in [1.54, 1.807) is 6.07 Å². The highest BCUT2D eigenvalue weighted by atomic mass is 35.5. The van der Waals surface area contributed by atoms with E-state index in [0.29, 0.717) is 10.0 Å². The molecule has 2 aromatic rings. The third-order valence-electron chi connectivity index (χ3n) is 3.64. The van der Waals surface area contributed by atoms with Gasteiger partial charge in [0.2, 0.25) is 0 Å². The zero-order chi connectivity index (χ0) is 14.1. The van der Waals surface area contributed by atoms with Gasteiger partial charge in [0, 0.05) is 17.1 Å². The summed E-state index contributed by atoms with van der Waals surface area (Å²) < 4.78 is 1.92. The third-order valence-corrected chi connectivity index (χ3v) is 4.18. The van der Waals surface area contributed by atoms with E-state index in [-0.39, 0.29) is 0 Å². The van der Waals surface area contributed by atoms with Gasteiger partial charge < -0.3 is 5.32 Å². The van der Waals surface area contributed by atoms with E-state index in [4.69, 9.17) is 28.3 Å². The topological polar surface area (TPSA) is 29.9 Å². The van der Waals surface area contributed by atoms with Gasteiger partial charge in [-0.25, -0.2) is 4.68 Å². The fourth-order valence-corrected chi connectivity index (χ4v) is 3.11. The van der Waals surface area contributed by atoms with Crippen molar-refractivity contribution in [1.82, 2.24) is 9.78 Å². The van der Waals surface area contributed by atoms with Crippen molar-refractivity contribution in [2.24, 2.45) is 0 Å². The van der Waals surface area contributed by atoms with E-state index in [9.17, 15) is 0 Å². The molecule has 0 amide bonds. The molecule has 0 aliphatic carbocycles.